The molecule has 0 unspecified atom stereocenters. The van der Waals surface area contributed by atoms with Crippen LogP contribution in [0.4, 0.5) is 0 Å². The molecule has 1 aromatic rings. The summed E-state index contributed by atoms with van der Waals surface area (Å²) in [5, 5.41) is 2.86. The van der Waals surface area contributed by atoms with Gasteiger partial charge < -0.3 is 5.32 Å². The summed E-state index contributed by atoms with van der Waals surface area (Å²) in [6.07, 6.45) is 2.15. The predicted molar refractivity (Wildman–Crippen MR) is 73.9 cm³/mol. The summed E-state index contributed by atoms with van der Waals surface area (Å²) in [5.74, 6) is 0.0223. The SMILES string of the molecule is C.C.C.CCCCNC(=O)c1ccccc1. The molecular weight excluding hydrogens is 198 g/mol. The van der Waals surface area contributed by atoms with Gasteiger partial charge in [0.25, 0.3) is 5.91 Å². The molecule has 1 amide bonds. The molecule has 0 aliphatic rings. The number of nitrogens with one attached hydrogen (secondary N) is 1. The van der Waals surface area contributed by atoms with Crippen LogP contribution in [0.25, 0.3) is 0 Å². The van der Waals surface area contributed by atoms with Crippen molar-refractivity contribution in [1.29, 1.82) is 0 Å². The minimum atomic E-state index is 0. The Morgan fingerprint density at radius 1 is 1.12 bits per heavy atom. The summed E-state index contributed by atoms with van der Waals surface area (Å²) in [4.78, 5) is 11.4. The lowest BCUT2D eigenvalue weighted by atomic mass is 10.2. The summed E-state index contributed by atoms with van der Waals surface area (Å²) < 4.78 is 0. The standard InChI is InChI=1S/C11H15NO.3CH4/c1-2-3-9-12-11(13)10-7-5-4-6-8-10;;;/h4-8H,2-3,9H2,1H3,(H,12,13);3*1H4. The van der Waals surface area contributed by atoms with Crippen LogP contribution in [-0.4, -0.2) is 12.5 Å². The van der Waals surface area contributed by atoms with E-state index in [2.05, 4.69) is 12.2 Å². The molecule has 0 radical (unpaired) electrons. The minimum Gasteiger partial charge on any atom is -0.352 e. The van der Waals surface area contributed by atoms with Crippen molar-refractivity contribution in [3.63, 3.8) is 0 Å². The fourth-order valence-electron chi connectivity index (χ4n) is 1.07. The van der Waals surface area contributed by atoms with Gasteiger partial charge in [0.15, 0.2) is 0 Å². The zero-order valence-electron chi connectivity index (χ0n) is 7.92. The van der Waals surface area contributed by atoms with Crippen LogP contribution < -0.4 is 5.32 Å². The van der Waals surface area contributed by atoms with E-state index in [1.807, 2.05) is 30.3 Å². The molecule has 0 aliphatic heterocycles. The molecule has 0 aliphatic carbocycles. The topological polar surface area (TPSA) is 29.1 Å². The van der Waals surface area contributed by atoms with Crippen LogP contribution in [0.15, 0.2) is 30.3 Å². The monoisotopic (exact) mass is 225 g/mol. The molecule has 2 nitrogen and oxygen atoms in total. The van der Waals surface area contributed by atoms with Crippen LogP contribution >= 0.6 is 0 Å². The number of carbonyl (C=O) groups is 1. The zero-order chi connectivity index (χ0) is 9.52. The van der Waals surface area contributed by atoms with Gasteiger partial charge in [-0.25, -0.2) is 0 Å². The third-order valence-corrected chi connectivity index (χ3v) is 1.85. The molecule has 1 rings (SSSR count). The van der Waals surface area contributed by atoms with Crippen LogP contribution in [0.3, 0.4) is 0 Å². The van der Waals surface area contributed by atoms with E-state index in [1.54, 1.807) is 0 Å². The van der Waals surface area contributed by atoms with E-state index in [0.717, 1.165) is 24.9 Å². The van der Waals surface area contributed by atoms with Crippen LogP contribution in [0.1, 0.15) is 52.4 Å². The number of carbonyl (C=O) groups excluding carboxylic acids is 1. The zero-order valence-corrected chi connectivity index (χ0v) is 7.92. The summed E-state index contributed by atoms with van der Waals surface area (Å²) in [5.41, 5.74) is 0.735. The molecule has 94 valence electrons. The van der Waals surface area contributed by atoms with Crippen LogP contribution in [0, 0.1) is 0 Å². The minimum absolute atomic E-state index is 0. The Morgan fingerprint density at radius 2 is 1.69 bits per heavy atom. The molecule has 16 heavy (non-hydrogen) atoms. The van der Waals surface area contributed by atoms with Crippen molar-refractivity contribution in [3.05, 3.63) is 35.9 Å². The van der Waals surface area contributed by atoms with Gasteiger partial charge in [0.1, 0.15) is 0 Å². The van der Waals surface area contributed by atoms with Crippen molar-refractivity contribution in [2.75, 3.05) is 6.54 Å². The smallest absolute Gasteiger partial charge is 0.251 e. The van der Waals surface area contributed by atoms with Crippen LogP contribution in [-0.2, 0) is 0 Å². The average molecular weight is 225 g/mol. The highest BCUT2D eigenvalue weighted by Crippen LogP contribution is 1.97. The molecule has 0 saturated carbocycles. The number of benzene rings is 1. The molecule has 0 bridgehead atoms. The van der Waals surface area contributed by atoms with Gasteiger partial charge in [-0.1, -0.05) is 53.8 Å². The normalized spacial score (nSPS) is 7.81. The van der Waals surface area contributed by atoms with Crippen molar-refractivity contribution < 1.29 is 4.79 Å². The van der Waals surface area contributed by atoms with Gasteiger partial charge in [-0.15, -0.1) is 0 Å². The third-order valence-electron chi connectivity index (χ3n) is 1.85. The fourth-order valence-corrected chi connectivity index (χ4v) is 1.07. The van der Waals surface area contributed by atoms with Gasteiger partial charge in [0.2, 0.25) is 0 Å². The second-order valence-corrected chi connectivity index (χ2v) is 2.98. The molecule has 0 aromatic heterocycles. The first-order valence-electron chi connectivity index (χ1n) is 4.68. The lowest BCUT2D eigenvalue weighted by Crippen LogP contribution is -2.24. The molecule has 0 saturated heterocycles. The van der Waals surface area contributed by atoms with Gasteiger partial charge in [0.05, 0.1) is 0 Å². The number of rotatable bonds is 4. The highest BCUT2D eigenvalue weighted by atomic mass is 16.1. The average Bonchev–Trinajstić information content (AvgIpc) is 2.19. The van der Waals surface area contributed by atoms with Gasteiger partial charge >= 0.3 is 0 Å². The van der Waals surface area contributed by atoms with E-state index in [1.165, 1.54) is 0 Å². The first-order chi connectivity index (χ1) is 6.34. The molecule has 2 heteroatoms. The van der Waals surface area contributed by atoms with Crippen molar-refractivity contribution in [2.24, 2.45) is 0 Å². The van der Waals surface area contributed by atoms with Gasteiger partial charge in [0, 0.05) is 12.1 Å². The predicted octanol–water partition coefficient (Wildman–Crippen LogP) is 4.12. The number of hydrogen-bond acceptors (Lipinski definition) is 1. The Labute approximate surface area is 101 Å². The van der Waals surface area contributed by atoms with E-state index in [9.17, 15) is 4.79 Å². The van der Waals surface area contributed by atoms with Crippen LogP contribution in [0.5, 0.6) is 0 Å². The van der Waals surface area contributed by atoms with E-state index in [0.29, 0.717) is 0 Å². The Morgan fingerprint density at radius 3 is 2.19 bits per heavy atom. The van der Waals surface area contributed by atoms with Crippen molar-refractivity contribution in [3.8, 4) is 0 Å². The summed E-state index contributed by atoms with van der Waals surface area (Å²) in [6.45, 7) is 2.87. The molecule has 0 heterocycles. The molecule has 0 fully saturated rings. The van der Waals surface area contributed by atoms with E-state index in [4.69, 9.17) is 0 Å². The van der Waals surface area contributed by atoms with E-state index < -0.39 is 0 Å². The Kier molecular flexibility index (Phi) is 14.8. The van der Waals surface area contributed by atoms with Crippen molar-refractivity contribution >= 4 is 5.91 Å². The lowest BCUT2D eigenvalue weighted by molar-refractivity contribution is 0.0953. The first kappa shape index (κ1) is 20.1. The van der Waals surface area contributed by atoms with E-state index >= 15 is 0 Å². The highest BCUT2D eigenvalue weighted by Gasteiger charge is 2.01. The van der Waals surface area contributed by atoms with E-state index in [-0.39, 0.29) is 28.2 Å². The number of amides is 1. The highest BCUT2D eigenvalue weighted by molar-refractivity contribution is 5.94. The van der Waals surface area contributed by atoms with Gasteiger partial charge in [-0.2, -0.15) is 0 Å². The molecule has 1 aromatic carbocycles. The molecule has 0 atom stereocenters. The summed E-state index contributed by atoms with van der Waals surface area (Å²) >= 11 is 0. The summed E-state index contributed by atoms with van der Waals surface area (Å²) in [6, 6.07) is 9.29. The number of unbranched alkanes of at least 4 members (excludes halogenated alkanes) is 1. The Balaban J connectivity index is -0.000000563. The van der Waals surface area contributed by atoms with Gasteiger partial charge in [-0.3, -0.25) is 4.79 Å². The maximum atomic E-state index is 11.4. The molecule has 1 N–H and O–H groups in total. The van der Waals surface area contributed by atoms with Crippen LogP contribution in [0.2, 0.25) is 0 Å². The largest absolute Gasteiger partial charge is 0.352 e. The second-order valence-electron chi connectivity index (χ2n) is 2.98. The third kappa shape index (κ3) is 7.04. The summed E-state index contributed by atoms with van der Waals surface area (Å²) in [7, 11) is 0. The second kappa shape index (κ2) is 11.8. The number of hydrogen-bond donors (Lipinski definition) is 1. The maximum absolute atomic E-state index is 11.4. The fraction of sp³-hybridized carbons (Fsp3) is 0.500. The lowest BCUT2D eigenvalue weighted by Gasteiger charge is -2.02. The maximum Gasteiger partial charge on any atom is 0.251 e. The Hall–Kier alpha value is -1.31. The van der Waals surface area contributed by atoms with Crippen molar-refractivity contribution in [2.45, 2.75) is 42.0 Å². The molecule has 0 spiro atoms. The molecular formula is C14H27NO. The van der Waals surface area contributed by atoms with Gasteiger partial charge in [-0.05, 0) is 18.6 Å². The van der Waals surface area contributed by atoms with Crippen molar-refractivity contribution in [1.82, 2.24) is 5.32 Å². The first-order valence-corrected chi connectivity index (χ1v) is 4.68. The Bertz CT molecular complexity index is 257. The quantitative estimate of drug-likeness (QED) is 0.767.